The third-order valence-corrected chi connectivity index (χ3v) is 2.60. The van der Waals surface area contributed by atoms with Crippen LogP contribution in [0, 0.1) is 0 Å². The second kappa shape index (κ2) is 5.38. The molecule has 0 amide bonds. The van der Waals surface area contributed by atoms with Gasteiger partial charge in [0.25, 0.3) is 0 Å². The minimum Gasteiger partial charge on any atom is -0.493 e. The maximum absolute atomic E-state index is 10.1. The van der Waals surface area contributed by atoms with Crippen molar-refractivity contribution in [2.75, 3.05) is 21.3 Å². The molecule has 1 rings (SSSR count). The topological polar surface area (TPSA) is 47.9 Å². The van der Waals surface area contributed by atoms with E-state index in [0.29, 0.717) is 18.1 Å². The van der Waals surface area contributed by atoms with Crippen molar-refractivity contribution >= 4 is 0 Å². The van der Waals surface area contributed by atoms with Gasteiger partial charge in [0.1, 0.15) is 0 Å². The van der Waals surface area contributed by atoms with Crippen LogP contribution in [0.4, 0.5) is 0 Å². The number of ether oxygens (including phenoxy) is 3. The molecular weight excluding hydrogens is 220 g/mol. The van der Waals surface area contributed by atoms with Gasteiger partial charge in [-0.2, -0.15) is 0 Å². The van der Waals surface area contributed by atoms with Gasteiger partial charge in [-0.3, -0.25) is 0 Å². The summed E-state index contributed by atoms with van der Waals surface area (Å²) in [4.78, 5) is 0. The van der Waals surface area contributed by atoms with E-state index in [0.717, 1.165) is 11.1 Å². The number of methoxy groups -OCH3 is 3. The van der Waals surface area contributed by atoms with Crippen molar-refractivity contribution in [3.05, 3.63) is 23.3 Å². The van der Waals surface area contributed by atoms with Crippen LogP contribution < -0.4 is 9.47 Å². The number of hydrogen-bond donors (Lipinski definition) is 1. The normalized spacial score (nSPS) is 11.4. The van der Waals surface area contributed by atoms with E-state index in [2.05, 4.69) is 0 Å². The largest absolute Gasteiger partial charge is 0.493 e. The van der Waals surface area contributed by atoms with E-state index >= 15 is 0 Å². The van der Waals surface area contributed by atoms with Gasteiger partial charge in [0.2, 0.25) is 0 Å². The molecule has 0 radical (unpaired) electrons. The van der Waals surface area contributed by atoms with Crippen LogP contribution in [0.5, 0.6) is 11.5 Å². The van der Waals surface area contributed by atoms with Gasteiger partial charge in [-0.05, 0) is 25.5 Å². The number of rotatable bonds is 5. The first-order valence-corrected chi connectivity index (χ1v) is 5.41. The smallest absolute Gasteiger partial charge is 0.166 e. The quantitative estimate of drug-likeness (QED) is 0.856. The minimum atomic E-state index is -0.951. The molecule has 17 heavy (non-hydrogen) atoms. The fourth-order valence-corrected chi connectivity index (χ4v) is 1.85. The van der Waals surface area contributed by atoms with Gasteiger partial charge in [-0.15, -0.1) is 0 Å². The lowest BCUT2D eigenvalue weighted by molar-refractivity contribution is 0.0739. The molecule has 0 atom stereocenters. The average molecular weight is 240 g/mol. The first kappa shape index (κ1) is 13.8. The van der Waals surface area contributed by atoms with Crippen molar-refractivity contribution in [1.82, 2.24) is 0 Å². The summed E-state index contributed by atoms with van der Waals surface area (Å²) in [7, 11) is 4.76. The van der Waals surface area contributed by atoms with Crippen molar-refractivity contribution in [3.63, 3.8) is 0 Å². The van der Waals surface area contributed by atoms with Gasteiger partial charge in [-0.1, -0.05) is 6.07 Å². The minimum absolute atomic E-state index is 0.361. The molecule has 0 aliphatic carbocycles. The molecule has 0 aromatic heterocycles. The third-order valence-electron chi connectivity index (χ3n) is 2.60. The fourth-order valence-electron chi connectivity index (χ4n) is 1.85. The highest BCUT2D eigenvalue weighted by atomic mass is 16.5. The summed E-state index contributed by atoms with van der Waals surface area (Å²) in [6.45, 7) is 3.82. The molecule has 0 spiro atoms. The third kappa shape index (κ3) is 2.90. The van der Waals surface area contributed by atoms with E-state index in [1.165, 1.54) is 0 Å². The first-order valence-electron chi connectivity index (χ1n) is 5.41. The maximum Gasteiger partial charge on any atom is 0.166 e. The standard InChI is InChI=1S/C13H20O4/c1-13(2,14)10-6-7-11(16-4)12(17-5)9(10)8-15-3/h6-7,14H,8H2,1-5H3. The SMILES string of the molecule is COCc1c(C(C)(C)O)ccc(OC)c1OC. The molecule has 1 N–H and O–H groups in total. The van der Waals surface area contributed by atoms with Crippen molar-refractivity contribution in [1.29, 1.82) is 0 Å². The lowest BCUT2D eigenvalue weighted by Gasteiger charge is -2.24. The molecule has 0 aliphatic heterocycles. The zero-order valence-electron chi connectivity index (χ0n) is 11.0. The van der Waals surface area contributed by atoms with E-state index < -0.39 is 5.60 Å². The Kier molecular flexibility index (Phi) is 4.37. The summed E-state index contributed by atoms with van der Waals surface area (Å²) in [5.41, 5.74) is 0.631. The van der Waals surface area contributed by atoms with Crippen LogP contribution in [-0.2, 0) is 16.9 Å². The van der Waals surface area contributed by atoms with Crippen molar-refractivity contribution in [2.45, 2.75) is 26.1 Å². The molecule has 0 bridgehead atoms. The molecule has 96 valence electrons. The van der Waals surface area contributed by atoms with E-state index in [1.54, 1.807) is 41.2 Å². The van der Waals surface area contributed by atoms with Crippen LogP contribution >= 0.6 is 0 Å². The molecule has 4 heteroatoms. The second-order valence-corrected chi connectivity index (χ2v) is 4.32. The summed E-state index contributed by atoms with van der Waals surface area (Å²) in [6.07, 6.45) is 0. The Morgan fingerprint density at radius 3 is 2.18 bits per heavy atom. The molecule has 1 aromatic carbocycles. The summed E-state index contributed by atoms with van der Waals surface area (Å²) < 4.78 is 15.7. The van der Waals surface area contributed by atoms with Gasteiger partial charge in [0, 0.05) is 12.7 Å². The zero-order valence-corrected chi connectivity index (χ0v) is 11.0. The van der Waals surface area contributed by atoms with Crippen LogP contribution in [0.3, 0.4) is 0 Å². The number of benzene rings is 1. The highest BCUT2D eigenvalue weighted by Gasteiger charge is 2.24. The van der Waals surface area contributed by atoms with Crippen molar-refractivity contribution in [3.8, 4) is 11.5 Å². The average Bonchev–Trinajstić information content (AvgIpc) is 2.27. The second-order valence-electron chi connectivity index (χ2n) is 4.32. The maximum atomic E-state index is 10.1. The van der Waals surface area contributed by atoms with Gasteiger partial charge in [0.05, 0.1) is 26.4 Å². The van der Waals surface area contributed by atoms with Crippen LogP contribution in [0.2, 0.25) is 0 Å². The van der Waals surface area contributed by atoms with Crippen molar-refractivity contribution in [2.24, 2.45) is 0 Å². The first-order chi connectivity index (χ1) is 7.95. The van der Waals surface area contributed by atoms with Crippen molar-refractivity contribution < 1.29 is 19.3 Å². The van der Waals surface area contributed by atoms with E-state index in [4.69, 9.17) is 14.2 Å². The lowest BCUT2D eigenvalue weighted by Crippen LogP contribution is -2.19. The summed E-state index contributed by atoms with van der Waals surface area (Å²) in [5, 5.41) is 10.1. The van der Waals surface area contributed by atoms with Crippen LogP contribution in [0.15, 0.2) is 12.1 Å². The monoisotopic (exact) mass is 240 g/mol. The summed E-state index contributed by atoms with van der Waals surface area (Å²) in [5.74, 6) is 1.24. The molecule has 1 aromatic rings. The zero-order chi connectivity index (χ0) is 13.1. The molecular formula is C13H20O4. The van der Waals surface area contributed by atoms with E-state index in [9.17, 15) is 5.11 Å². The Bertz CT molecular complexity index is 380. The Hall–Kier alpha value is -1.26. The molecule has 0 aliphatic rings. The summed E-state index contributed by atoms with van der Waals surface area (Å²) in [6, 6.07) is 3.61. The number of hydrogen-bond acceptors (Lipinski definition) is 4. The highest BCUT2D eigenvalue weighted by molar-refractivity contribution is 5.52. The molecule has 0 heterocycles. The van der Waals surface area contributed by atoms with E-state index in [-0.39, 0.29) is 0 Å². The van der Waals surface area contributed by atoms with Gasteiger partial charge in [-0.25, -0.2) is 0 Å². The molecule has 0 saturated heterocycles. The van der Waals surface area contributed by atoms with Crippen LogP contribution in [0.1, 0.15) is 25.0 Å². The predicted octanol–water partition coefficient (Wildman–Crippen LogP) is 2.08. The van der Waals surface area contributed by atoms with Gasteiger partial charge >= 0.3 is 0 Å². The Labute approximate surface area is 102 Å². The molecule has 4 nitrogen and oxygen atoms in total. The Balaban J connectivity index is 3.42. The lowest BCUT2D eigenvalue weighted by atomic mass is 9.92. The predicted molar refractivity (Wildman–Crippen MR) is 65.5 cm³/mol. The van der Waals surface area contributed by atoms with Crippen LogP contribution in [0.25, 0.3) is 0 Å². The van der Waals surface area contributed by atoms with Gasteiger partial charge < -0.3 is 19.3 Å². The molecule has 0 fully saturated rings. The molecule has 0 unspecified atom stereocenters. The molecule has 0 saturated carbocycles. The van der Waals surface area contributed by atoms with E-state index in [1.807, 2.05) is 6.07 Å². The summed E-state index contributed by atoms with van der Waals surface area (Å²) >= 11 is 0. The number of aliphatic hydroxyl groups is 1. The highest BCUT2D eigenvalue weighted by Crippen LogP contribution is 2.37. The van der Waals surface area contributed by atoms with Gasteiger partial charge in [0.15, 0.2) is 11.5 Å². The Morgan fingerprint density at radius 2 is 1.76 bits per heavy atom. The fraction of sp³-hybridized carbons (Fsp3) is 0.538. The Morgan fingerprint density at radius 1 is 1.12 bits per heavy atom. The van der Waals surface area contributed by atoms with Crippen LogP contribution in [-0.4, -0.2) is 26.4 Å².